The van der Waals surface area contributed by atoms with E-state index in [9.17, 15) is 0 Å². The summed E-state index contributed by atoms with van der Waals surface area (Å²) in [5.74, 6) is 0.697. The monoisotopic (exact) mass is 250 g/mol. The van der Waals surface area contributed by atoms with Crippen molar-refractivity contribution in [1.29, 1.82) is 0 Å². The third kappa shape index (κ3) is 3.03. The second-order valence-electron chi connectivity index (χ2n) is 4.83. The summed E-state index contributed by atoms with van der Waals surface area (Å²) >= 11 is 1.80. The minimum absolute atomic E-state index is 0.516. The van der Waals surface area contributed by atoms with Crippen molar-refractivity contribution in [2.45, 2.75) is 24.3 Å². The van der Waals surface area contributed by atoms with Crippen molar-refractivity contribution in [3.8, 4) is 0 Å². The van der Waals surface area contributed by atoms with Crippen LogP contribution in [-0.4, -0.2) is 30.8 Å². The van der Waals surface area contributed by atoms with Crippen LogP contribution < -0.4 is 5.73 Å². The molecule has 1 aromatic rings. The summed E-state index contributed by atoms with van der Waals surface area (Å²) in [6.07, 6.45) is 3.37. The Morgan fingerprint density at radius 1 is 1.41 bits per heavy atom. The number of benzene rings is 1. The van der Waals surface area contributed by atoms with E-state index in [-0.39, 0.29) is 0 Å². The van der Waals surface area contributed by atoms with Crippen molar-refractivity contribution >= 4 is 11.8 Å². The number of likely N-dealkylation sites (tertiary alicyclic amines) is 1. The molecule has 1 fully saturated rings. The quantitative estimate of drug-likeness (QED) is 0.833. The van der Waals surface area contributed by atoms with Gasteiger partial charge in [-0.1, -0.05) is 12.1 Å². The van der Waals surface area contributed by atoms with Crippen molar-refractivity contribution in [2.75, 3.05) is 25.9 Å². The van der Waals surface area contributed by atoms with Crippen LogP contribution >= 0.6 is 11.8 Å². The fourth-order valence-corrected chi connectivity index (χ4v) is 2.91. The summed E-state index contributed by atoms with van der Waals surface area (Å²) in [5, 5.41) is 0. The molecule has 1 aromatic carbocycles. The van der Waals surface area contributed by atoms with Gasteiger partial charge in [0.15, 0.2) is 0 Å². The Morgan fingerprint density at radius 2 is 2.12 bits per heavy atom. The van der Waals surface area contributed by atoms with Gasteiger partial charge in [-0.05, 0) is 56.3 Å². The lowest BCUT2D eigenvalue weighted by Gasteiger charge is -2.24. The average molecular weight is 250 g/mol. The first-order chi connectivity index (χ1) is 8.24. The Kier molecular flexibility index (Phi) is 4.48. The number of hydrogen-bond donors (Lipinski definition) is 1. The summed E-state index contributed by atoms with van der Waals surface area (Å²) in [4.78, 5) is 3.88. The van der Waals surface area contributed by atoms with Crippen LogP contribution in [-0.2, 0) is 0 Å². The van der Waals surface area contributed by atoms with Gasteiger partial charge in [-0.15, -0.1) is 11.8 Å². The van der Waals surface area contributed by atoms with E-state index in [0.29, 0.717) is 12.0 Å². The maximum Gasteiger partial charge on any atom is 0.0320 e. The molecule has 1 aliphatic rings. The molecule has 0 bridgehead atoms. The molecule has 1 heterocycles. The largest absolute Gasteiger partial charge is 0.330 e. The van der Waals surface area contributed by atoms with Crippen LogP contribution in [0.5, 0.6) is 0 Å². The van der Waals surface area contributed by atoms with Crippen molar-refractivity contribution in [2.24, 2.45) is 11.7 Å². The Hall–Kier alpha value is -0.510. The lowest BCUT2D eigenvalue weighted by Crippen LogP contribution is -2.26. The highest BCUT2D eigenvalue weighted by Crippen LogP contribution is 2.28. The highest BCUT2D eigenvalue weighted by Gasteiger charge is 2.25. The van der Waals surface area contributed by atoms with E-state index < -0.39 is 0 Å². The van der Waals surface area contributed by atoms with Crippen molar-refractivity contribution in [3.05, 3.63) is 29.8 Å². The Balaban J connectivity index is 2.01. The summed E-state index contributed by atoms with van der Waals surface area (Å²) in [6, 6.07) is 9.46. The van der Waals surface area contributed by atoms with Crippen molar-refractivity contribution < 1.29 is 0 Å². The molecule has 0 aliphatic carbocycles. The zero-order valence-corrected chi connectivity index (χ0v) is 11.5. The van der Waals surface area contributed by atoms with Crippen LogP contribution in [0.2, 0.25) is 0 Å². The van der Waals surface area contributed by atoms with Crippen molar-refractivity contribution in [1.82, 2.24) is 4.90 Å². The topological polar surface area (TPSA) is 29.3 Å². The minimum Gasteiger partial charge on any atom is -0.330 e. The molecule has 0 aromatic heterocycles. The van der Waals surface area contributed by atoms with Crippen LogP contribution in [0.4, 0.5) is 0 Å². The zero-order valence-electron chi connectivity index (χ0n) is 10.7. The van der Waals surface area contributed by atoms with Crippen molar-refractivity contribution in [3.63, 3.8) is 0 Å². The lowest BCUT2D eigenvalue weighted by atomic mass is 10.1. The van der Waals surface area contributed by atoms with E-state index in [4.69, 9.17) is 5.73 Å². The van der Waals surface area contributed by atoms with Gasteiger partial charge in [0.05, 0.1) is 0 Å². The molecular formula is C14H22N2S. The van der Waals surface area contributed by atoms with Gasteiger partial charge in [-0.3, -0.25) is 4.90 Å². The van der Waals surface area contributed by atoms with E-state index >= 15 is 0 Å². The van der Waals surface area contributed by atoms with E-state index in [0.717, 1.165) is 13.1 Å². The molecule has 3 heteroatoms. The molecule has 0 amide bonds. The maximum atomic E-state index is 5.74. The molecule has 0 radical (unpaired) electrons. The van der Waals surface area contributed by atoms with Gasteiger partial charge in [0.2, 0.25) is 0 Å². The van der Waals surface area contributed by atoms with Gasteiger partial charge in [-0.2, -0.15) is 0 Å². The molecule has 2 N–H and O–H groups in total. The predicted molar refractivity (Wildman–Crippen MR) is 75.4 cm³/mol. The summed E-state index contributed by atoms with van der Waals surface area (Å²) in [7, 11) is 0. The number of thioether (sulfide) groups is 1. The number of hydrogen-bond acceptors (Lipinski definition) is 3. The SMILES string of the molecule is CSc1ccc(C(C)N2CCC(CN)C2)cc1. The van der Waals surface area contributed by atoms with Crippen LogP contribution in [0.25, 0.3) is 0 Å². The molecule has 2 nitrogen and oxygen atoms in total. The smallest absolute Gasteiger partial charge is 0.0320 e. The van der Waals surface area contributed by atoms with Gasteiger partial charge in [0, 0.05) is 17.5 Å². The molecule has 0 spiro atoms. The standard InChI is InChI=1S/C14H22N2S/c1-11(16-8-7-12(9-15)10-16)13-3-5-14(17-2)6-4-13/h3-6,11-12H,7-10,15H2,1-2H3. The van der Waals surface area contributed by atoms with Gasteiger partial charge >= 0.3 is 0 Å². The number of nitrogens with zero attached hydrogens (tertiary/aromatic N) is 1. The molecule has 2 rings (SSSR count). The first-order valence-corrected chi connectivity index (χ1v) is 7.55. The second-order valence-corrected chi connectivity index (χ2v) is 5.71. The maximum absolute atomic E-state index is 5.74. The van der Waals surface area contributed by atoms with Gasteiger partial charge < -0.3 is 5.73 Å². The molecule has 1 aliphatic heterocycles. The first-order valence-electron chi connectivity index (χ1n) is 6.32. The summed E-state index contributed by atoms with van der Waals surface area (Å²) in [5.41, 5.74) is 7.16. The fourth-order valence-electron chi connectivity index (χ4n) is 2.50. The summed E-state index contributed by atoms with van der Waals surface area (Å²) in [6.45, 7) is 5.47. The minimum atomic E-state index is 0.516. The van der Waals surface area contributed by atoms with E-state index in [2.05, 4.69) is 42.3 Å². The molecule has 2 unspecified atom stereocenters. The summed E-state index contributed by atoms with van der Waals surface area (Å²) < 4.78 is 0. The Labute approximate surface area is 109 Å². The fraction of sp³-hybridized carbons (Fsp3) is 0.571. The highest BCUT2D eigenvalue weighted by molar-refractivity contribution is 7.98. The molecule has 94 valence electrons. The van der Waals surface area contributed by atoms with Gasteiger partial charge in [0.1, 0.15) is 0 Å². The highest BCUT2D eigenvalue weighted by atomic mass is 32.2. The molecule has 2 atom stereocenters. The molecule has 17 heavy (non-hydrogen) atoms. The van der Waals surface area contributed by atoms with E-state index in [1.54, 1.807) is 11.8 Å². The number of nitrogens with two attached hydrogens (primary N) is 1. The third-order valence-electron chi connectivity index (χ3n) is 3.80. The normalized spacial score (nSPS) is 22.9. The Morgan fingerprint density at radius 3 is 2.65 bits per heavy atom. The van der Waals surface area contributed by atoms with Crippen LogP contribution in [0, 0.1) is 5.92 Å². The average Bonchev–Trinajstić information content (AvgIpc) is 2.87. The zero-order chi connectivity index (χ0) is 12.3. The van der Waals surface area contributed by atoms with Crippen LogP contribution in [0.1, 0.15) is 24.9 Å². The Bertz CT molecular complexity index is 350. The second kappa shape index (κ2) is 5.89. The first kappa shape index (κ1) is 12.9. The van der Waals surface area contributed by atoms with Crippen LogP contribution in [0.15, 0.2) is 29.2 Å². The van der Waals surface area contributed by atoms with Crippen LogP contribution in [0.3, 0.4) is 0 Å². The molecular weight excluding hydrogens is 228 g/mol. The van der Waals surface area contributed by atoms with Gasteiger partial charge in [-0.25, -0.2) is 0 Å². The van der Waals surface area contributed by atoms with E-state index in [1.165, 1.54) is 23.4 Å². The lowest BCUT2D eigenvalue weighted by molar-refractivity contribution is 0.253. The molecule has 1 saturated heterocycles. The van der Waals surface area contributed by atoms with Gasteiger partial charge in [0.25, 0.3) is 0 Å². The number of rotatable bonds is 4. The predicted octanol–water partition coefficient (Wildman–Crippen LogP) is 2.75. The van der Waals surface area contributed by atoms with E-state index in [1.807, 2.05) is 0 Å². The molecule has 0 saturated carbocycles. The third-order valence-corrected chi connectivity index (χ3v) is 4.54.